The Labute approximate surface area is 199 Å². The van der Waals surface area contributed by atoms with Gasteiger partial charge in [0.1, 0.15) is 12.3 Å². The lowest BCUT2D eigenvalue weighted by molar-refractivity contribution is -0.116. The molecule has 0 spiro atoms. The molecule has 0 atom stereocenters. The molecule has 6 heteroatoms. The van der Waals surface area contributed by atoms with Crippen molar-refractivity contribution in [3.63, 3.8) is 0 Å². The number of aryl methyl sites for hydroxylation is 2. The van der Waals surface area contributed by atoms with E-state index in [2.05, 4.69) is 10.6 Å². The van der Waals surface area contributed by atoms with Crippen molar-refractivity contribution in [1.82, 2.24) is 4.57 Å². The highest BCUT2D eigenvalue weighted by Crippen LogP contribution is 2.22. The van der Waals surface area contributed by atoms with Crippen LogP contribution in [0.25, 0.3) is 10.9 Å². The van der Waals surface area contributed by atoms with Crippen LogP contribution in [-0.2, 0) is 24.3 Å². The Kier molecular flexibility index (Phi) is 6.97. The molecule has 4 rings (SSSR count). The van der Waals surface area contributed by atoms with Crippen molar-refractivity contribution >= 4 is 28.2 Å². The van der Waals surface area contributed by atoms with Crippen LogP contribution in [0.1, 0.15) is 23.6 Å². The molecule has 0 saturated heterocycles. The molecule has 1 heterocycles. The number of hydrogen-bond acceptors (Lipinski definition) is 4. The molecule has 34 heavy (non-hydrogen) atoms. The van der Waals surface area contributed by atoms with E-state index in [-0.39, 0.29) is 18.0 Å². The van der Waals surface area contributed by atoms with Crippen LogP contribution in [0.2, 0.25) is 0 Å². The number of aromatic nitrogens is 1. The second kappa shape index (κ2) is 10.3. The fourth-order valence-corrected chi connectivity index (χ4v) is 3.97. The number of benzene rings is 3. The third kappa shape index (κ3) is 5.12. The summed E-state index contributed by atoms with van der Waals surface area (Å²) in [5, 5.41) is 7.14. The van der Waals surface area contributed by atoms with Gasteiger partial charge < -0.3 is 15.4 Å². The van der Waals surface area contributed by atoms with Gasteiger partial charge in [-0.25, -0.2) is 0 Å². The standard InChI is InChI=1S/C28H29N3O3/c1-4-20-7-5-6-8-25(20)30-27(32)18-31-26-16-24(34-3)14-11-21(26)15-22(28(31)33)17-29-23-12-9-19(2)10-13-23/h5-16,29H,4,17-18H2,1-3H3,(H,30,32). The summed E-state index contributed by atoms with van der Waals surface area (Å²) in [6.07, 6.45) is 0.802. The van der Waals surface area contributed by atoms with Gasteiger partial charge in [-0.1, -0.05) is 42.8 Å². The first-order chi connectivity index (χ1) is 16.5. The molecule has 0 saturated carbocycles. The minimum Gasteiger partial charge on any atom is -0.497 e. The van der Waals surface area contributed by atoms with Gasteiger partial charge >= 0.3 is 0 Å². The summed E-state index contributed by atoms with van der Waals surface area (Å²) in [5.41, 5.74) is 4.94. The number of methoxy groups -OCH3 is 1. The molecule has 0 aliphatic heterocycles. The van der Waals surface area contributed by atoms with Crippen molar-refractivity contribution in [1.29, 1.82) is 0 Å². The normalized spacial score (nSPS) is 10.8. The summed E-state index contributed by atoms with van der Waals surface area (Å²) in [6, 6.07) is 23.1. The number of carbonyl (C=O) groups is 1. The van der Waals surface area contributed by atoms with Gasteiger partial charge in [-0.05, 0) is 60.7 Å². The number of nitrogens with zero attached hydrogens (tertiary/aromatic N) is 1. The predicted molar refractivity (Wildman–Crippen MR) is 138 cm³/mol. The van der Waals surface area contributed by atoms with Crippen molar-refractivity contribution in [2.75, 3.05) is 17.7 Å². The Morgan fingerprint density at radius 1 is 0.971 bits per heavy atom. The van der Waals surface area contributed by atoms with Gasteiger partial charge in [-0.2, -0.15) is 0 Å². The number of para-hydroxylation sites is 1. The predicted octanol–water partition coefficient (Wildman–Crippen LogP) is 5.13. The number of rotatable bonds is 8. The Bertz CT molecular complexity index is 1370. The quantitative estimate of drug-likeness (QED) is 0.386. The highest BCUT2D eigenvalue weighted by atomic mass is 16.5. The topological polar surface area (TPSA) is 72.4 Å². The van der Waals surface area contributed by atoms with Gasteiger partial charge in [0, 0.05) is 29.5 Å². The van der Waals surface area contributed by atoms with Crippen LogP contribution in [0.4, 0.5) is 11.4 Å². The number of fused-ring (bicyclic) bond motifs is 1. The Morgan fingerprint density at radius 2 is 1.74 bits per heavy atom. The van der Waals surface area contributed by atoms with Gasteiger partial charge in [-0.15, -0.1) is 0 Å². The van der Waals surface area contributed by atoms with Crippen LogP contribution in [0.15, 0.2) is 77.6 Å². The molecule has 6 nitrogen and oxygen atoms in total. The summed E-state index contributed by atoms with van der Waals surface area (Å²) in [4.78, 5) is 26.5. The van der Waals surface area contributed by atoms with Gasteiger partial charge in [0.25, 0.3) is 5.56 Å². The summed E-state index contributed by atoms with van der Waals surface area (Å²) in [6.45, 7) is 4.33. The van der Waals surface area contributed by atoms with Crippen molar-refractivity contribution in [3.05, 3.63) is 99.8 Å². The van der Waals surface area contributed by atoms with E-state index >= 15 is 0 Å². The molecule has 174 valence electrons. The molecule has 0 fully saturated rings. The van der Waals surface area contributed by atoms with E-state index in [0.717, 1.165) is 28.7 Å². The van der Waals surface area contributed by atoms with Crippen molar-refractivity contribution < 1.29 is 9.53 Å². The van der Waals surface area contributed by atoms with Crippen LogP contribution < -0.4 is 20.9 Å². The number of hydrogen-bond donors (Lipinski definition) is 2. The third-order valence-electron chi connectivity index (χ3n) is 5.89. The number of carbonyl (C=O) groups excluding carboxylic acids is 1. The number of nitrogens with one attached hydrogen (secondary N) is 2. The maximum atomic E-state index is 13.5. The first-order valence-electron chi connectivity index (χ1n) is 11.4. The average molecular weight is 456 g/mol. The second-order valence-corrected chi connectivity index (χ2v) is 8.26. The van der Waals surface area contributed by atoms with Crippen LogP contribution >= 0.6 is 0 Å². The first kappa shape index (κ1) is 23.1. The summed E-state index contributed by atoms with van der Waals surface area (Å²) in [7, 11) is 1.58. The van der Waals surface area contributed by atoms with E-state index in [1.807, 2.05) is 80.6 Å². The van der Waals surface area contributed by atoms with Crippen LogP contribution in [-0.4, -0.2) is 17.6 Å². The fraction of sp³-hybridized carbons (Fsp3) is 0.214. The second-order valence-electron chi connectivity index (χ2n) is 8.26. The third-order valence-corrected chi connectivity index (χ3v) is 5.89. The Morgan fingerprint density at radius 3 is 2.47 bits per heavy atom. The minimum atomic E-state index is -0.254. The smallest absolute Gasteiger partial charge is 0.256 e. The van der Waals surface area contributed by atoms with E-state index in [1.54, 1.807) is 13.2 Å². The van der Waals surface area contributed by atoms with Crippen molar-refractivity contribution in [2.24, 2.45) is 0 Å². The fourth-order valence-electron chi connectivity index (χ4n) is 3.97. The van der Waals surface area contributed by atoms with Crippen LogP contribution in [0.3, 0.4) is 0 Å². The zero-order valence-electron chi connectivity index (χ0n) is 19.7. The minimum absolute atomic E-state index is 0.0983. The SMILES string of the molecule is CCc1ccccc1NC(=O)Cn1c(=O)c(CNc2ccc(C)cc2)cc2ccc(OC)cc21. The van der Waals surface area contributed by atoms with E-state index < -0.39 is 0 Å². The van der Waals surface area contributed by atoms with E-state index in [1.165, 1.54) is 10.1 Å². The van der Waals surface area contributed by atoms with Gasteiger partial charge in [0.15, 0.2) is 0 Å². The monoisotopic (exact) mass is 455 g/mol. The lowest BCUT2D eigenvalue weighted by Crippen LogP contribution is -2.31. The summed E-state index contributed by atoms with van der Waals surface area (Å²) >= 11 is 0. The molecule has 0 aliphatic rings. The van der Waals surface area contributed by atoms with Gasteiger partial charge in [0.05, 0.1) is 12.6 Å². The average Bonchev–Trinajstić information content (AvgIpc) is 2.85. The number of anilines is 2. The van der Waals surface area contributed by atoms with Crippen LogP contribution in [0, 0.1) is 6.92 Å². The molecule has 1 amide bonds. The maximum Gasteiger partial charge on any atom is 0.256 e. The molecule has 0 radical (unpaired) electrons. The number of ether oxygens (including phenoxy) is 1. The highest BCUT2D eigenvalue weighted by Gasteiger charge is 2.14. The molecule has 0 aliphatic carbocycles. The zero-order valence-corrected chi connectivity index (χ0v) is 19.7. The van der Waals surface area contributed by atoms with Gasteiger partial charge in [-0.3, -0.25) is 14.2 Å². The summed E-state index contributed by atoms with van der Waals surface area (Å²) in [5.74, 6) is 0.374. The summed E-state index contributed by atoms with van der Waals surface area (Å²) < 4.78 is 6.89. The molecular formula is C28H29N3O3. The molecular weight excluding hydrogens is 426 g/mol. The zero-order chi connectivity index (χ0) is 24.1. The van der Waals surface area contributed by atoms with E-state index in [0.29, 0.717) is 23.4 Å². The molecule has 1 aromatic heterocycles. The lowest BCUT2D eigenvalue weighted by atomic mass is 10.1. The van der Waals surface area contributed by atoms with Crippen LogP contribution in [0.5, 0.6) is 5.75 Å². The Balaban J connectivity index is 1.67. The molecule has 4 aromatic rings. The van der Waals surface area contributed by atoms with E-state index in [9.17, 15) is 9.59 Å². The molecule has 3 aromatic carbocycles. The Hall–Kier alpha value is -4.06. The maximum absolute atomic E-state index is 13.5. The number of amides is 1. The molecule has 0 bridgehead atoms. The lowest BCUT2D eigenvalue weighted by Gasteiger charge is -2.16. The highest BCUT2D eigenvalue weighted by molar-refractivity contribution is 5.92. The van der Waals surface area contributed by atoms with Gasteiger partial charge in [0.2, 0.25) is 5.91 Å². The largest absolute Gasteiger partial charge is 0.497 e. The number of pyridine rings is 1. The first-order valence-corrected chi connectivity index (χ1v) is 11.4. The van der Waals surface area contributed by atoms with Crippen molar-refractivity contribution in [2.45, 2.75) is 33.4 Å². The molecule has 0 unspecified atom stereocenters. The van der Waals surface area contributed by atoms with Crippen molar-refractivity contribution in [3.8, 4) is 5.75 Å². The van der Waals surface area contributed by atoms with E-state index in [4.69, 9.17) is 4.74 Å². The molecule has 2 N–H and O–H groups in total.